The highest BCUT2D eigenvalue weighted by Crippen LogP contribution is 2.01. The van der Waals surface area contributed by atoms with Crippen molar-refractivity contribution in [3.8, 4) is 0 Å². The predicted molar refractivity (Wildman–Crippen MR) is 61.0 cm³/mol. The molecule has 1 aromatic carbocycles. The van der Waals surface area contributed by atoms with Gasteiger partial charge in [-0.05, 0) is 5.56 Å². The Morgan fingerprint density at radius 3 is 2.80 bits per heavy atom. The molecule has 0 spiro atoms. The third kappa shape index (κ3) is 4.76. The van der Waals surface area contributed by atoms with Gasteiger partial charge in [0.25, 0.3) is 0 Å². The third-order valence-corrected chi connectivity index (χ3v) is 1.72. The zero-order valence-corrected chi connectivity index (χ0v) is 8.59. The number of methoxy groups -OCH3 is 1. The lowest BCUT2D eigenvalue weighted by Gasteiger charge is -1.90. The summed E-state index contributed by atoms with van der Waals surface area (Å²) in [4.78, 5) is 14.1. The molecule has 0 radical (unpaired) electrons. The first-order valence-electron chi connectivity index (χ1n) is 4.65. The van der Waals surface area contributed by atoms with Crippen LogP contribution in [0, 0.1) is 0 Å². The molecule has 1 rings (SSSR count). The molecule has 3 heteroatoms. The first-order chi connectivity index (χ1) is 7.33. The van der Waals surface area contributed by atoms with E-state index in [4.69, 9.17) is 0 Å². The van der Waals surface area contributed by atoms with Crippen molar-refractivity contribution in [3.63, 3.8) is 0 Å². The normalized spacial score (nSPS) is 11.0. The second kappa shape index (κ2) is 6.54. The van der Waals surface area contributed by atoms with Crippen molar-refractivity contribution in [2.24, 2.45) is 4.99 Å². The van der Waals surface area contributed by atoms with Crippen LogP contribution in [-0.4, -0.2) is 19.4 Å². The molecule has 78 valence electrons. The number of amides is 1. The highest BCUT2D eigenvalue weighted by Gasteiger charge is 1.88. The molecule has 0 N–H and O–H groups in total. The molecule has 0 aliphatic rings. The molecule has 3 nitrogen and oxygen atoms in total. The molecule has 1 aromatic rings. The van der Waals surface area contributed by atoms with Crippen LogP contribution in [-0.2, 0) is 4.74 Å². The monoisotopic (exact) mass is 203 g/mol. The Hall–Kier alpha value is -1.90. The Kier molecular flexibility index (Phi) is 4.87. The average Bonchev–Trinajstić information content (AvgIpc) is 2.29. The van der Waals surface area contributed by atoms with Crippen molar-refractivity contribution in [2.75, 3.05) is 7.11 Å². The Balaban J connectivity index is 2.35. The molecule has 0 unspecified atom stereocenters. The fourth-order valence-corrected chi connectivity index (χ4v) is 1.01. The van der Waals surface area contributed by atoms with E-state index in [1.165, 1.54) is 13.3 Å². The predicted octanol–water partition coefficient (Wildman–Crippen LogP) is 2.93. The lowest BCUT2D eigenvalue weighted by Crippen LogP contribution is -1.91. The second-order valence-electron chi connectivity index (χ2n) is 2.83. The van der Waals surface area contributed by atoms with E-state index >= 15 is 0 Å². The fourth-order valence-electron chi connectivity index (χ4n) is 1.01. The maximum atomic E-state index is 10.6. The van der Waals surface area contributed by atoms with Crippen molar-refractivity contribution >= 4 is 18.4 Å². The van der Waals surface area contributed by atoms with Gasteiger partial charge >= 0.3 is 6.09 Å². The van der Waals surface area contributed by atoms with Crippen LogP contribution in [0.4, 0.5) is 4.79 Å². The van der Waals surface area contributed by atoms with Crippen LogP contribution in [0.5, 0.6) is 0 Å². The average molecular weight is 203 g/mol. The summed E-state index contributed by atoms with van der Waals surface area (Å²) in [5.41, 5.74) is 1.13. The van der Waals surface area contributed by atoms with Gasteiger partial charge in [-0.25, -0.2) is 4.79 Å². The highest BCUT2D eigenvalue weighted by atomic mass is 16.5. The maximum Gasteiger partial charge on any atom is 0.432 e. The Morgan fingerprint density at radius 2 is 2.13 bits per heavy atom. The molecule has 0 aromatic heterocycles. The number of allylic oxidation sites excluding steroid dienone is 1. The van der Waals surface area contributed by atoms with Crippen LogP contribution in [0.15, 0.2) is 41.4 Å². The first kappa shape index (κ1) is 11.2. The summed E-state index contributed by atoms with van der Waals surface area (Å²) in [5.74, 6) is 0. The van der Waals surface area contributed by atoms with Gasteiger partial charge in [-0.1, -0.05) is 42.5 Å². The minimum atomic E-state index is -0.567. The summed E-state index contributed by atoms with van der Waals surface area (Å²) >= 11 is 0. The van der Waals surface area contributed by atoms with E-state index in [2.05, 4.69) is 9.73 Å². The van der Waals surface area contributed by atoms with E-state index in [-0.39, 0.29) is 0 Å². The number of rotatable bonds is 3. The number of hydrogen-bond acceptors (Lipinski definition) is 2. The maximum absolute atomic E-state index is 10.6. The molecule has 0 fully saturated rings. The number of hydrogen-bond donors (Lipinski definition) is 0. The summed E-state index contributed by atoms with van der Waals surface area (Å²) < 4.78 is 4.35. The summed E-state index contributed by atoms with van der Waals surface area (Å²) in [5, 5.41) is 0. The number of carbonyl (C=O) groups is 1. The van der Waals surface area contributed by atoms with Gasteiger partial charge in [-0.15, -0.1) is 0 Å². The zero-order chi connectivity index (χ0) is 10.9. The number of benzene rings is 1. The van der Waals surface area contributed by atoms with Crippen molar-refractivity contribution in [3.05, 3.63) is 42.0 Å². The topological polar surface area (TPSA) is 38.7 Å². The molecular formula is C12H13NO2. The highest BCUT2D eigenvalue weighted by molar-refractivity contribution is 5.79. The van der Waals surface area contributed by atoms with E-state index in [0.29, 0.717) is 6.42 Å². The zero-order valence-electron chi connectivity index (χ0n) is 8.59. The van der Waals surface area contributed by atoms with Crippen LogP contribution < -0.4 is 0 Å². The Bertz CT molecular complexity index is 355. The van der Waals surface area contributed by atoms with Gasteiger partial charge in [0.2, 0.25) is 0 Å². The number of carbonyl (C=O) groups excluding carboxylic acids is 1. The van der Waals surface area contributed by atoms with Crippen LogP contribution in [0.3, 0.4) is 0 Å². The molecule has 0 aliphatic heterocycles. The Labute approximate surface area is 89.1 Å². The SMILES string of the molecule is COC(=O)/N=C/C/C=C/c1ccccc1. The number of nitrogens with zero attached hydrogens (tertiary/aromatic N) is 1. The molecule has 15 heavy (non-hydrogen) atoms. The van der Waals surface area contributed by atoms with Crippen molar-refractivity contribution < 1.29 is 9.53 Å². The number of ether oxygens (including phenoxy) is 1. The van der Waals surface area contributed by atoms with Gasteiger partial charge in [-0.3, -0.25) is 0 Å². The summed E-state index contributed by atoms with van der Waals surface area (Å²) in [6.45, 7) is 0. The molecule has 1 amide bonds. The van der Waals surface area contributed by atoms with Crippen molar-refractivity contribution in [1.29, 1.82) is 0 Å². The van der Waals surface area contributed by atoms with Gasteiger partial charge in [0.1, 0.15) is 0 Å². The minimum Gasteiger partial charge on any atom is -0.451 e. The van der Waals surface area contributed by atoms with Gasteiger partial charge in [-0.2, -0.15) is 4.99 Å². The molecule has 0 aliphatic carbocycles. The van der Waals surface area contributed by atoms with Crippen LogP contribution in [0.25, 0.3) is 6.08 Å². The summed E-state index contributed by atoms with van der Waals surface area (Å²) in [6, 6.07) is 9.93. The smallest absolute Gasteiger partial charge is 0.432 e. The van der Waals surface area contributed by atoms with Gasteiger partial charge in [0.05, 0.1) is 7.11 Å². The van der Waals surface area contributed by atoms with Crippen LogP contribution >= 0.6 is 0 Å². The van der Waals surface area contributed by atoms with E-state index < -0.39 is 6.09 Å². The van der Waals surface area contributed by atoms with Crippen molar-refractivity contribution in [1.82, 2.24) is 0 Å². The number of aliphatic imine (C=N–C) groups is 1. The molecule has 0 heterocycles. The molecular weight excluding hydrogens is 190 g/mol. The van der Waals surface area contributed by atoms with E-state index in [0.717, 1.165) is 5.56 Å². The first-order valence-corrected chi connectivity index (χ1v) is 4.65. The van der Waals surface area contributed by atoms with Crippen LogP contribution in [0.2, 0.25) is 0 Å². The Morgan fingerprint density at radius 1 is 1.40 bits per heavy atom. The summed E-state index contributed by atoms with van der Waals surface area (Å²) in [7, 11) is 1.31. The van der Waals surface area contributed by atoms with Gasteiger partial charge < -0.3 is 4.74 Å². The van der Waals surface area contributed by atoms with E-state index in [9.17, 15) is 4.79 Å². The van der Waals surface area contributed by atoms with Crippen molar-refractivity contribution in [2.45, 2.75) is 6.42 Å². The fraction of sp³-hybridized carbons (Fsp3) is 0.167. The van der Waals surface area contributed by atoms with Gasteiger partial charge in [0.15, 0.2) is 0 Å². The van der Waals surface area contributed by atoms with Gasteiger partial charge in [0, 0.05) is 12.6 Å². The quantitative estimate of drug-likeness (QED) is 0.708. The molecule has 0 bridgehead atoms. The van der Waals surface area contributed by atoms with Crippen LogP contribution in [0.1, 0.15) is 12.0 Å². The third-order valence-electron chi connectivity index (χ3n) is 1.72. The standard InChI is InChI=1S/C12H13NO2/c1-15-12(14)13-10-6-5-9-11-7-3-2-4-8-11/h2-5,7-10H,6H2,1H3/b9-5+,13-10+. The summed E-state index contributed by atoms with van der Waals surface area (Å²) in [6.07, 6.45) is 5.48. The lowest BCUT2D eigenvalue weighted by molar-refractivity contribution is 0.182. The molecule has 0 saturated heterocycles. The lowest BCUT2D eigenvalue weighted by atomic mass is 10.2. The largest absolute Gasteiger partial charge is 0.451 e. The van der Waals surface area contributed by atoms with E-state index in [1.807, 2.05) is 42.5 Å². The molecule has 0 atom stereocenters. The second-order valence-corrected chi connectivity index (χ2v) is 2.83. The van der Waals surface area contributed by atoms with E-state index in [1.54, 1.807) is 0 Å². The minimum absolute atomic E-state index is 0.567. The molecule has 0 saturated carbocycles.